The molecule has 178 valence electrons. The number of hydrogen-bond donors (Lipinski definition) is 1. The van der Waals surface area contributed by atoms with E-state index in [0.29, 0.717) is 18.2 Å². The minimum atomic E-state index is -3.95. The lowest BCUT2D eigenvalue weighted by atomic mass is 10.2. The molecule has 3 rings (SSSR count). The highest BCUT2D eigenvalue weighted by Gasteiger charge is 2.27. The van der Waals surface area contributed by atoms with Crippen molar-refractivity contribution in [2.75, 3.05) is 17.5 Å². The first-order chi connectivity index (χ1) is 16.3. The lowest BCUT2D eigenvalue weighted by Crippen LogP contribution is -2.39. The number of sulfonamides is 1. The van der Waals surface area contributed by atoms with Crippen LogP contribution in [0.3, 0.4) is 0 Å². The normalized spacial score (nSPS) is 11.5. The molecule has 0 atom stereocenters. The third-order valence-corrected chi connectivity index (χ3v) is 6.56. The molecule has 8 heteroatoms. The molecule has 1 N–H and O–H groups in total. The summed E-state index contributed by atoms with van der Waals surface area (Å²) in [6, 6.07) is 22.3. The molecule has 0 radical (unpaired) electrons. The molecule has 7 nitrogen and oxygen atoms in total. The number of anilines is 1. The van der Waals surface area contributed by atoms with Crippen molar-refractivity contribution in [1.29, 1.82) is 0 Å². The van der Waals surface area contributed by atoms with Crippen LogP contribution in [0.15, 0.2) is 88.9 Å². The zero-order valence-corrected chi connectivity index (χ0v) is 20.3. The van der Waals surface area contributed by atoms with Crippen LogP contribution in [0.4, 0.5) is 5.69 Å². The van der Waals surface area contributed by atoms with Crippen LogP contribution in [-0.4, -0.2) is 33.7 Å². The molecule has 0 bridgehead atoms. The van der Waals surface area contributed by atoms with Crippen LogP contribution >= 0.6 is 0 Å². The van der Waals surface area contributed by atoms with Crippen molar-refractivity contribution >= 4 is 27.8 Å². The van der Waals surface area contributed by atoms with Crippen LogP contribution in [0, 0.1) is 12.8 Å². The molecule has 3 aromatic rings. The molecule has 0 aromatic heterocycles. The summed E-state index contributed by atoms with van der Waals surface area (Å²) in [7, 11) is -3.95. The molecule has 0 aliphatic rings. The second-order valence-corrected chi connectivity index (χ2v) is 10.1. The first kappa shape index (κ1) is 25.0. The summed E-state index contributed by atoms with van der Waals surface area (Å²) in [6.07, 6.45) is 1.49. The standard InChI is InChI=1S/C26H29N3O4S/c1-20(2)19-33-24-14-12-22(13-15-24)17-27-28-26(30)18-29(23-9-7-8-21(3)16-23)34(31,32)25-10-5-4-6-11-25/h4-17,20H,18-19H2,1-3H3,(H,28,30)/b27-17-. The van der Waals surface area contributed by atoms with Gasteiger partial charge in [-0.05, 0) is 72.5 Å². The van der Waals surface area contributed by atoms with Gasteiger partial charge in [-0.2, -0.15) is 5.10 Å². The van der Waals surface area contributed by atoms with Crippen LogP contribution in [0.2, 0.25) is 0 Å². The average Bonchev–Trinajstić information content (AvgIpc) is 2.82. The lowest BCUT2D eigenvalue weighted by molar-refractivity contribution is -0.119. The summed E-state index contributed by atoms with van der Waals surface area (Å²) in [4.78, 5) is 12.7. The number of amides is 1. The van der Waals surface area contributed by atoms with E-state index in [-0.39, 0.29) is 4.90 Å². The van der Waals surface area contributed by atoms with Crippen LogP contribution in [0.1, 0.15) is 25.0 Å². The van der Waals surface area contributed by atoms with Crippen LogP contribution in [-0.2, 0) is 14.8 Å². The van der Waals surface area contributed by atoms with Gasteiger partial charge in [-0.3, -0.25) is 9.10 Å². The third kappa shape index (κ3) is 6.92. The van der Waals surface area contributed by atoms with E-state index in [9.17, 15) is 13.2 Å². The molecular formula is C26H29N3O4S. The van der Waals surface area contributed by atoms with Crippen LogP contribution in [0.25, 0.3) is 0 Å². The highest BCUT2D eigenvalue weighted by Crippen LogP contribution is 2.24. The Morgan fingerprint density at radius 3 is 2.38 bits per heavy atom. The molecule has 0 unspecified atom stereocenters. The fourth-order valence-corrected chi connectivity index (χ4v) is 4.51. The second kappa shape index (κ2) is 11.5. The van der Waals surface area contributed by atoms with Crippen LogP contribution < -0.4 is 14.5 Å². The molecule has 0 saturated carbocycles. The second-order valence-electron chi connectivity index (χ2n) is 8.23. The van der Waals surface area contributed by atoms with E-state index in [2.05, 4.69) is 24.4 Å². The maximum atomic E-state index is 13.3. The Hall–Kier alpha value is -3.65. The minimum Gasteiger partial charge on any atom is -0.493 e. The average molecular weight is 480 g/mol. The number of carbonyl (C=O) groups excluding carboxylic acids is 1. The number of hydrazone groups is 1. The Morgan fingerprint density at radius 2 is 1.74 bits per heavy atom. The lowest BCUT2D eigenvalue weighted by Gasteiger charge is -2.24. The molecule has 3 aromatic carbocycles. The SMILES string of the molecule is Cc1cccc(N(CC(=O)N/N=C\c2ccc(OCC(C)C)cc2)S(=O)(=O)c2ccccc2)c1. The highest BCUT2D eigenvalue weighted by molar-refractivity contribution is 7.92. The molecular weight excluding hydrogens is 450 g/mol. The number of nitrogens with zero attached hydrogens (tertiary/aromatic N) is 2. The highest BCUT2D eigenvalue weighted by atomic mass is 32.2. The largest absolute Gasteiger partial charge is 0.493 e. The predicted octanol–water partition coefficient (Wildman–Crippen LogP) is 4.38. The van der Waals surface area contributed by atoms with Gasteiger partial charge >= 0.3 is 0 Å². The number of aryl methyl sites for hydroxylation is 1. The van der Waals surface area contributed by atoms with Gasteiger partial charge in [-0.1, -0.05) is 44.2 Å². The molecule has 1 amide bonds. The van der Waals surface area contributed by atoms with Gasteiger partial charge in [-0.15, -0.1) is 0 Å². The van der Waals surface area contributed by atoms with Gasteiger partial charge in [0.15, 0.2) is 0 Å². The van der Waals surface area contributed by atoms with E-state index in [4.69, 9.17) is 4.74 Å². The van der Waals surface area contributed by atoms with Gasteiger partial charge < -0.3 is 4.74 Å². The van der Waals surface area contributed by atoms with Crippen molar-refractivity contribution in [2.45, 2.75) is 25.7 Å². The molecule has 34 heavy (non-hydrogen) atoms. The third-order valence-electron chi connectivity index (χ3n) is 4.77. The van der Waals surface area contributed by atoms with E-state index < -0.39 is 22.5 Å². The van der Waals surface area contributed by atoms with Crippen molar-refractivity contribution in [2.24, 2.45) is 11.0 Å². The number of ether oxygens (including phenoxy) is 1. The van der Waals surface area contributed by atoms with E-state index >= 15 is 0 Å². The van der Waals surface area contributed by atoms with E-state index in [0.717, 1.165) is 21.2 Å². The molecule has 0 heterocycles. The number of rotatable bonds is 10. The summed E-state index contributed by atoms with van der Waals surface area (Å²) in [5.74, 6) is 0.630. The smallest absolute Gasteiger partial charge is 0.264 e. The molecule has 0 saturated heterocycles. The van der Waals surface area contributed by atoms with Gasteiger partial charge in [0, 0.05) is 0 Å². The summed E-state index contributed by atoms with van der Waals surface area (Å²) < 4.78 is 33.3. The summed E-state index contributed by atoms with van der Waals surface area (Å²) in [6.45, 7) is 6.23. The molecule has 0 fully saturated rings. The fraction of sp³-hybridized carbons (Fsp3) is 0.231. The van der Waals surface area contributed by atoms with Gasteiger partial charge in [0.25, 0.3) is 15.9 Å². The Kier molecular flexibility index (Phi) is 8.43. The van der Waals surface area contributed by atoms with Gasteiger partial charge in [0.2, 0.25) is 0 Å². The molecule has 0 aliphatic carbocycles. The first-order valence-corrected chi connectivity index (χ1v) is 12.4. The number of nitrogens with one attached hydrogen (secondary N) is 1. The number of carbonyl (C=O) groups is 1. The number of hydrogen-bond acceptors (Lipinski definition) is 5. The van der Waals surface area contributed by atoms with E-state index in [1.54, 1.807) is 36.4 Å². The molecule has 0 spiro atoms. The van der Waals surface area contributed by atoms with Crippen molar-refractivity contribution in [3.8, 4) is 5.75 Å². The minimum absolute atomic E-state index is 0.104. The summed E-state index contributed by atoms with van der Waals surface area (Å²) in [5, 5.41) is 3.98. The topological polar surface area (TPSA) is 88.1 Å². The van der Waals surface area contributed by atoms with E-state index in [1.165, 1.54) is 18.3 Å². The van der Waals surface area contributed by atoms with Gasteiger partial charge in [0.1, 0.15) is 12.3 Å². The Bertz CT molecular complexity index is 1220. The zero-order valence-electron chi connectivity index (χ0n) is 19.5. The van der Waals surface area contributed by atoms with Gasteiger partial charge in [-0.25, -0.2) is 13.8 Å². The van der Waals surface area contributed by atoms with Crippen molar-refractivity contribution in [3.63, 3.8) is 0 Å². The maximum absolute atomic E-state index is 13.3. The Labute approximate surface area is 201 Å². The van der Waals surface area contributed by atoms with E-state index in [1.807, 2.05) is 37.3 Å². The fourth-order valence-electron chi connectivity index (χ4n) is 3.08. The monoisotopic (exact) mass is 479 g/mol. The first-order valence-electron chi connectivity index (χ1n) is 10.9. The van der Waals surface area contributed by atoms with Crippen LogP contribution in [0.5, 0.6) is 5.75 Å². The van der Waals surface area contributed by atoms with Crippen molar-refractivity contribution < 1.29 is 17.9 Å². The summed E-state index contributed by atoms with van der Waals surface area (Å²) >= 11 is 0. The van der Waals surface area contributed by atoms with Crippen molar-refractivity contribution in [3.05, 3.63) is 90.0 Å². The van der Waals surface area contributed by atoms with Gasteiger partial charge in [0.05, 0.1) is 23.4 Å². The predicted molar refractivity (Wildman–Crippen MR) is 135 cm³/mol. The van der Waals surface area contributed by atoms with Crippen molar-refractivity contribution in [1.82, 2.24) is 5.43 Å². The quantitative estimate of drug-likeness (QED) is 0.345. The Balaban J connectivity index is 1.71. The Morgan fingerprint density at radius 1 is 1.03 bits per heavy atom. The number of benzene rings is 3. The molecule has 0 aliphatic heterocycles. The summed E-state index contributed by atoms with van der Waals surface area (Å²) in [5.41, 5.74) is 4.47. The zero-order chi connectivity index (χ0) is 24.6. The maximum Gasteiger partial charge on any atom is 0.264 e.